The molecule has 3 heterocycles. The fraction of sp³-hybridized carbons (Fsp3) is 0.412. The Kier molecular flexibility index (Phi) is 4.19. The van der Waals surface area contributed by atoms with E-state index in [1.165, 1.54) is 0 Å². The number of imidazole rings is 1. The molecule has 130 valence electrons. The van der Waals surface area contributed by atoms with Crippen molar-refractivity contribution in [3.63, 3.8) is 0 Å². The van der Waals surface area contributed by atoms with E-state index >= 15 is 0 Å². The van der Waals surface area contributed by atoms with Crippen LogP contribution in [0.15, 0.2) is 36.7 Å². The predicted molar refractivity (Wildman–Crippen MR) is 90.7 cm³/mol. The van der Waals surface area contributed by atoms with E-state index in [-0.39, 0.29) is 24.6 Å². The van der Waals surface area contributed by atoms with Crippen molar-refractivity contribution in [2.45, 2.75) is 38.6 Å². The largest absolute Gasteiger partial charge is 0.368 e. The Bertz CT molecular complexity index is 886. The number of hydrogen-bond acceptors (Lipinski definition) is 5. The first-order valence-corrected chi connectivity index (χ1v) is 8.46. The second-order valence-corrected chi connectivity index (χ2v) is 6.06. The Hall–Kier alpha value is -2.74. The highest BCUT2D eigenvalue weighted by Crippen LogP contribution is 2.28. The third kappa shape index (κ3) is 3.00. The molecule has 1 aliphatic heterocycles. The van der Waals surface area contributed by atoms with Gasteiger partial charge >= 0.3 is 0 Å². The first-order chi connectivity index (χ1) is 12.3. The number of fused-ring (bicyclic) bond motifs is 1. The third-order valence-corrected chi connectivity index (χ3v) is 4.49. The molecule has 1 N–H and O–H groups in total. The van der Waals surface area contributed by atoms with Crippen LogP contribution in [0.3, 0.4) is 0 Å². The highest BCUT2D eigenvalue weighted by Gasteiger charge is 2.33. The van der Waals surface area contributed by atoms with Crippen molar-refractivity contribution in [1.82, 2.24) is 29.9 Å². The number of nitrogens with zero attached hydrogens (tertiary/aromatic N) is 5. The zero-order valence-corrected chi connectivity index (χ0v) is 14.0. The summed E-state index contributed by atoms with van der Waals surface area (Å²) < 4.78 is 9.48. The summed E-state index contributed by atoms with van der Waals surface area (Å²) in [6.07, 6.45) is 4.25. The van der Waals surface area contributed by atoms with Gasteiger partial charge in [0.25, 0.3) is 0 Å². The maximum absolute atomic E-state index is 12.5. The number of amides is 1. The van der Waals surface area contributed by atoms with Crippen molar-refractivity contribution in [2.24, 2.45) is 0 Å². The summed E-state index contributed by atoms with van der Waals surface area (Å²) in [5.41, 5.74) is 1.63. The van der Waals surface area contributed by atoms with Crippen LogP contribution in [0, 0.1) is 0 Å². The lowest BCUT2D eigenvalue weighted by atomic mass is 10.1. The van der Waals surface area contributed by atoms with E-state index in [1.807, 2.05) is 35.0 Å². The number of ether oxygens (including phenoxy) is 1. The van der Waals surface area contributed by atoms with Gasteiger partial charge in [0.1, 0.15) is 24.0 Å². The van der Waals surface area contributed by atoms with E-state index in [9.17, 15) is 4.79 Å². The molecule has 0 saturated carbocycles. The van der Waals surface area contributed by atoms with E-state index in [0.29, 0.717) is 6.61 Å². The minimum atomic E-state index is -0.216. The van der Waals surface area contributed by atoms with Gasteiger partial charge in [0.05, 0.1) is 11.6 Å². The molecule has 1 aliphatic rings. The summed E-state index contributed by atoms with van der Waals surface area (Å²) in [7, 11) is 0. The Balaban J connectivity index is 1.46. The Labute approximate surface area is 144 Å². The van der Waals surface area contributed by atoms with E-state index in [4.69, 9.17) is 4.74 Å². The van der Waals surface area contributed by atoms with E-state index in [2.05, 4.69) is 27.5 Å². The molecule has 1 amide bonds. The van der Waals surface area contributed by atoms with Crippen LogP contribution < -0.4 is 5.32 Å². The summed E-state index contributed by atoms with van der Waals surface area (Å²) in [5.74, 6) is 0.752. The maximum atomic E-state index is 12.5. The smallest absolute Gasteiger partial charge is 0.242 e. The molecule has 8 nitrogen and oxygen atoms in total. The van der Waals surface area contributed by atoms with Gasteiger partial charge in [0.15, 0.2) is 0 Å². The molecule has 2 aromatic heterocycles. The molecule has 1 aromatic carbocycles. The predicted octanol–water partition coefficient (Wildman–Crippen LogP) is 1.29. The number of nitrogens with one attached hydrogen (secondary N) is 1. The number of carbonyl (C=O) groups is 1. The standard InChI is InChI=1S/C17H20N6O2/c1-2-22-9-8-18-17(22)16-13(7-10-25-16)19-15(24)11-23-14-6-4-3-5-12(14)20-21-23/h3-6,8-9,13,16H,2,7,10-11H2,1H3,(H,19,24)/t13-,16-/m0/s1. The highest BCUT2D eigenvalue weighted by atomic mass is 16.5. The average Bonchev–Trinajstić information content (AvgIpc) is 3.34. The molecule has 0 spiro atoms. The second kappa shape index (κ2) is 6.64. The summed E-state index contributed by atoms with van der Waals surface area (Å²) in [6, 6.07) is 7.50. The van der Waals surface area contributed by atoms with Crippen LogP contribution >= 0.6 is 0 Å². The number of aromatic nitrogens is 5. The molecule has 0 aliphatic carbocycles. The number of benzene rings is 1. The fourth-order valence-corrected chi connectivity index (χ4v) is 3.26. The quantitative estimate of drug-likeness (QED) is 0.756. The summed E-state index contributed by atoms with van der Waals surface area (Å²) in [6.45, 7) is 3.62. The van der Waals surface area contributed by atoms with Crippen molar-refractivity contribution < 1.29 is 9.53 Å². The molecule has 0 radical (unpaired) electrons. The topological polar surface area (TPSA) is 86.9 Å². The van der Waals surface area contributed by atoms with E-state index in [1.54, 1.807) is 10.9 Å². The van der Waals surface area contributed by atoms with E-state index < -0.39 is 0 Å². The molecule has 3 aromatic rings. The zero-order valence-electron chi connectivity index (χ0n) is 14.0. The number of carbonyl (C=O) groups excluding carboxylic acids is 1. The van der Waals surface area contributed by atoms with Gasteiger partial charge in [-0.05, 0) is 25.5 Å². The van der Waals surface area contributed by atoms with Crippen LogP contribution in [0.25, 0.3) is 11.0 Å². The lowest BCUT2D eigenvalue weighted by Crippen LogP contribution is -2.39. The Morgan fingerprint density at radius 3 is 3.16 bits per heavy atom. The monoisotopic (exact) mass is 340 g/mol. The molecular weight excluding hydrogens is 320 g/mol. The average molecular weight is 340 g/mol. The molecule has 2 atom stereocenters. The first-order valence-electron chi connectivity index (χ1n) is 8.46. The second-order valence-electron chi connectivity index (χ2n) is 6.06. The Morgan fingerprint density at radius 1 is 1.40 bits per heavy atom. The van der Waals surface area contributed by atoms with E-state index in [0.717, 1.165) is 29.8 Å². The molecule has 1 saturated heterocycles. The van der Waals surface area contributed by atoms with Crippen molar-refractivity contribution in [3.8, 4) is 0 Å². The lowest BCUT2D eigenvalue weighted by Gasteiger charge is -2.20. The molecular formula is C17H20N6O2. The van der Waals surface area contributed by atoms with Crippen LogP contribution in [0.1, 0.15) is 25.3 Å². The Morgan fingerprint density at radius 2 is 2.28 bits per heavy atom. The van der Waals surface area contributed by atoms with Crippen molar-refractivity contribution in [2.75, 3.05) is 6.61 Å². The minimum Gasteiger partial charge on any atom is -0.368 e. The number of hydrogen-bond donors (Lipinski definition) is 1. The normalized spacial score (nSPS) is 20.2. The molecule has 0 bridgehead atoms. The van der Waals surface area contributed by atoms with Gasteiger partial charge in [-0.1, -0.05) is 17.3 Å². The summed E-state index contributed by atoms with van der Waals surface area (Å²) in [4.78, 5) is 16.9. The van der Waals surface area contributed by atoms with Gasteiger partial charge in [0.2, 0.25) is 5.91 Å². The van der Waals surface area contributed by atoms with Gasteiger partial charge in [-0.3, -0.25) is 4.79 Å². The van der Waals surface area contributed by atoms with Crippen LogP contribution in [0.4, 0.5) is 0 Å². The number of aryl methyl sites for hydroxylation is 1. The lowest BCUT2D eigenvalue weighted by molar-refractivity contribution is -0.123. The highest BCUT2D eigenvalue weighted by molar-refractivity contribution is 5.79. The number of para-hydroxylation sites is 1. The summed E-state index contributed by atoms with van der Waals surface area (Å²) in [5, 5.41) is 11.2. The van der Waals surface area contributed by atoms with Crippen LogP contribution in [0.5, 0.6) is 0 Å². The minimum absolute atomic E-state index is 0.0880. The van der Waals surface area contributed by atoms with Crippen molar-refractivity contribution in [1.29, 1.82) is 0 Å². The van der Waals surface area contributed by atoms with Crippen molar-refractivity contribution in [3.05, 3.63) is 42.5 Å². The van der Waals surface area contributed by atoms with Crippen LogP contribution in [-0.4, -0.2) is 43.1 Å². The molecule has 4 rings (SSSR count). The molecule has 1 fully saturated rings. The first kappa shape index (κ1) is 15.8. The van der Waals surface area contributed by atoms with Crippen molar-refractivity contribution >= 4 is 16.9 Å². The van der Waals surface area contributed by atoms with Crippen LogP contribution in [-0.2, 0) is 22.6 Å². The van der Waals surface area contributed by atoms with Gasteiger partial charge in [-0.15, -0.1) is 5.10 Å². The summed E-state index contributed by atoms with van der Waals surface area (Å²) >= 11 is 0. The van der Waals surface area contributed by atoms with Gasteiger partial charge in [-0.2, -0.15) is 0 Å². The number of rotatable bonds is 5. The molecule has 25 heavy (non-hydrogen) atoms. The fourth-order valence-electron chi connectivity index (χ4n) is 3.26. The zero-order chi connectivity index (χ0) is 17.2. The molecule has 0 unspecified atom stereocenters. The van der Waals surface area contributed by atoms with Gasteiger partial charge < -0.3 is 14.6 Å². The SMILES string of the molecule is CCn1ccnc1[C@H]1OCC[C@@H]1NC(=O)Cn1nnc2ccccc21. The maximum Gasteiger partial charge on any atom is 0.242 e. The van der Waals surface area contributed by atoms with Gasteiger partial charge in [-0.25, -0.2) is 9.67 Å². The molecule has 8 heteroatoms. The van der Waals surface area contributed by atoms with Crippen LogP contribution in [0.2, 0.25) is 0 Å². The third-order valence-electron chi connectivity index (χ3n) is 4.49. The van der Waals surface area contributed by atoms with Gasteiger partial charge in [0, 0.05) is 25.5 Å².